The van der Waals surface area contributed by atoms with Gasteiger partial charge in [0.15, 0.2) is 4.96 Å². The van der Waals surface area contributed by atoms with Crippen molar-refractivity contribution in [2.75, 3.05) is 6.54 Å². The Labute approximate surface area is 135 Å². The first-order valence-corrected chi connectivity index (χ1v) is 8.11. The second-order valence-corrected chi connectivity index (χ2v) is 6.49. The molecule has 0 saturated heterocycles. The minimum absolute atomic E-state index is 0.0895. The van der Waals surface area contributed by atoms with Crippen LogP contribution in [0.3, 0.4) is 0 Å². The van der Waals surface area contributed by atoms with Gasteiger partial charge in [-0.3, -0.25) is 14.0 Å². The molecule has 0 bridgehead atoms. The minimum Gasteiger partial charge on any atom is -0.364 e. The maximum Gasteiger partial charge on any atom is 0.274 e. The molecule has 4 heterocycles. The third-order valence-electron chi connectivity index (χ3n) is 4.29. The van der Waals surface area contributed by atoms with E-state index in [9.17, 15) is 9.59 Å². The summed E-state index contributed by atoms with van der Waals surface area (Å²) in [5, 5.41) is 1.93. The Morgan fingerprint density at radius 2 is 2.22 bits per heavy atom. The number of carbonyl (C=O) groups excluding carboxylic acids is 2. The molecule has 0 atom stereocenters. The van der Waals surface area contributed by atoms with E-state index in [1.165, 1.54) is 11.3 Å². The van der Waals surface area contributed by atoms with Crippen LogP contribution in [0.25, 0.3) is 4.96 Å². The van der Waals surface area contributed by atoms with Gasteiger partial charge >= 0.3 is 0 Å². The summed E-state index contributed by atoms with van der Waals surface area (Å²) in [5.74, 6) is -0.539. The fraction of sp³-hybridized carbons (Fsp3) is 0.267. The number of primary amides is 1. The van der Waals surface area contributed by atoms with Gasteiger partial charge in [0, 0.05) is 37.1 Å². The van der Waals surface area contributed by atoms with Crippen molar-refractivity contribution in [1.82, 2.24) is 18.9 Å². The van der Waals surface area contributed by atoms with Gasteiger partial charge in [-0.15, -0.1) is 11.3 Å². The van der Waals surface area contributed by atoms with E-state index in [0.29, 0.717) is 30.9 Å². The first-order valence-electron chi connectivity index (χ1n) is 7.23. The molecular weight excluding hydrogens is 314 g/mol. The number of nitrogens with two attached hydrogens (primary N) is 1. The molecule has 2 amide bonds. The Morgan fingerprint density at radius 3 is 2.96 bits per heavy atom. The summed E-state index contributed by atoms with van der Waals surface area (Å²) in [4.78, 5) is 31.1. The fourth-order valence-electron chi connectivity index (χ4n) is 3.05. The quantitative estimate of drug-likeness (QED) is 0.762. The maximum absolute atomic E-state index is 12.7. The first kappa shape index (κ1) is 14.0. The summed E-state index contributed by atoms with van der Waals surface area (Å²) in [7, 11) is 1.81. The number of hydrogen-bond acceptors (Lipinski definition) is 4. The van der Waals surface area contributed by atoms with Crippen LogP contribution in [-0.4, -0.2) is 37.2 Å². The van der Waals surface area contributed by atoms with Crippen LogP contribution < -0.4 is 5.73 Å². The van der Waals surface area contributed by atoms with E-state index in [2.05, 4.69) is 4.98 Å². The van der Waals surface area contributed by atoms with Crippen LogP contribution in [-0.2, 0) is 20.0 Å². The van der Waals surface area contributed by atoms with E-state index in [0.717, 1.165) is 16.2 Å². The zero-order valence-electron chi connectivity index (χ0n) is 12.5. The van der Waals surface area contributed by atoms with Crippen molar-refractivity contribution in [3.8, 4) is 0 Å². The molecule has 3 aromatic heterocycles. The number of hydrogen-bond donors (Lipinski definition) is 1. The lowest BCUT2D eigenvalue weighted by Gasteiger charge is -2.27. The molecule has 2 N–H and O–H groups in total. The molecule has 0 aromatic carbocycles. The average Bonchev–Trinajstić information content (AvgIpc) is 3.19. The predicted octanol–water partition coefficient (Wildman–Crippen LogP) is 1.03. The molecule has 8 heteroatoms. The van der Waals surface area contributed by atoms with Gasteiger partial charge in [-0.2, -0.15) is 0 Å². The van der Waals surface area contributed by atoms with Crippen molar-refractivity contribution in [3.63, 3.8) is 0 Å². The fourth-order valence-corrected chi connectivity index (χ4v) is 3.75. The molecule has 1 aliphatic rings. The summed E-state index contributed by atoms with van der Waals surface area (Å²) >= 11 is 1.50. The van der Waals surface area contributed by atoms with Gasteiger partial charge in [0.05, 0.1) is 6.54 Å². The van der Waals surface area contributed by atoms with Gasteiger partial charge in [-0.1, -0.05) is 0 Å². The monoisotopic (exact) mass is 329 g/mol. The molecular formula is C15H15N5O2S. The maximum atomic E-state index is 12.7. The molecule has 4 rings (SSSR count). The van der Waals surface area contributed by atoms with E-state index in [1.807, 2.05) is 22.0 Å². The average molecular weight is 329 g/mol. The Bertz CT molecular complexity index is 907. The molecule has 0 saturated carbocycles. The molecule has 0 fully saturated rings. The topological polar surface area (TPSA) is 85.6 Å². The number of rotatable bonds is 2. The highest BCUT2D eigenvalue weighted by atomic mass is 32.1. The van der Waals surface area contributed by atoms with Crippen molar-refractivity contribution in [3.05, 3.63) is 46.5 Å². The van der Waals surface area contributed by atoms with Gasteiger partial charge in [0.2, 0.25) is 0 Å². The first-order chi connectivity index (χ1) is 11.0. The zero-order valence-corrected chi connectivity index (χ0v) is 13.3. The van der Waals surface area contributed by atoms with Crippen LogP contribution in [0.15, 0.2) is 23.8 Å². The number of fused-ring (bicyclic) bond motifs is 2. The molecule has 3 aromatic rings. The van der Waals surface area contributed by atoms with E-state index >= 15 is 0 Å². The molecule has 7 nitrogen and oxygen atoms in total. The second-order valence-electron chi connectivity index (χ2n) is 5.62. The van der Waals surface area contributed by atoms with E-state index < -0.39 is 5.91 Å². The molecule has 0 unspecified atom stereocenters. The van der Waals surface area contributed by atoms with Crippen molar-refractivity contribution < 1.29 is 9.59 Å². The van der Waals surface area contributed by atoms with Gasteiger partial charge in [-0.05, 0) is 18.1 Å². The molecule has 23 heavy (non-hydrogen) atoms. The number of amides is 2. The van der Waals surface area contributed by atoms with E-state index in [-0.39, 0.29) is 5.91 Å². The third-order valence-corrected chi connectivity index (χ3v) is 5.06. The van der Waals surface area contributed by atoms with Crippen molar-refractivity contribution >= 4 is 28.1 Å². The van der Waals surface area contributed by atoms with Crippen LogP contribution in [0.4, 0.5) is 0 Å². The van der Waals surface area contributed by atoms with E-state index in [1.54, 1.807) is 22.7 Å². The SMILES string of the molecule is Cn1c(C(N)=O)cc2c1CN(C(=O)c1cn3ccsc3n1)CC2. The van der Waals surface area contributed by atoms with Crippen LogP contribution in [0.2, 0.25) is 0 Å². The predicted molar refractivity (Wildman–Crippen MR) is 85.4 cm³/mol. The number of thiazole rings is 1. The number of imidazole rings is 1. The molecule has 0 aliphatic carbocycles. The molecule has 118 valence electrons. The van der Waals surface area contributed by atoms with Crippen molar-refractivity contribution in [2.45, 2.75) is 13.0 Å². The lowest BCUT2D eigenvalue weighted by atomic mass is 10.1. The summed E-state index contributed by atoms with van der Waals surface area (Å²) < 4.78 is 3.63. The summed E-state index contributed by atoms with van der Waals surface area (Å²) in [5.41, 5.74) is 8.36. The highest BCUT2D eigenvalue weighted by Crippen LogP contribution is 2.24. The van der Waals surface area contributed by atoms with Crippen LogP contribution >= 0.6 is 11.3 Å². The van der Waals surface area contributed by atoms with E-state index in [4.69, 9.17) is 5.73 Å². The molecule has 0 radical (unpaired) electrons. The lowest BCUT2D eigenvalue weighted by Crippen LogP contribution is -2.36. The molecule has 0 spiro atoms. The van der Waals surface area contributed by atoms with Gasteiger partial charge in [0.1, 0.15) is 11.4 Å². The number of carbonyl (C=O) groups is 2. The number of aromatic nitrogens is 3. The smallest absolute Gasteiger partial charge is 0.274 e. The normalized spacial score (nSPS) is 14.2. The molecule has 1 aliphatic heterocycles. The Balaban J connectivity index is 1.63. The van der Waals surface area contributed by atoms with Crippen molar-refractivity contribution in [1.29, 1.82) is 0 Å². The third kappa shape index (κ3) is 2.14. The van der Waals surface area contributed by atoms with Gasteiger partial charge < -0.3 is 15.2 Å². The van der Waals surface area contributed by atoms with Crippen LogP contribution in [0.1, 0.15) is 32.2 Å². The highest BCUT2D eigenvalue weighted by Gasteiger charge is 2.27. The Kier molecular flexibility index (Phi) is 3.02. The highest BCUT2D eigenvalue weighted by molar-refractivity contribution is 7.15. The van der Waals surface area contributed by atoms with Gasteiger partial charge in [0.25, 0.3) is 11.8 Å². The minimum atomic E-state index is -0.450. The summed E-state index contributed by atoms with van der Waals surface area (Å²) in [6, 6.07) is 1.83. The number of nitrogens with zero attached hydrogens (tertiary/aromatic N) is 4. The summed E-state index contributed by atoms with van der Waals surface area (Å²) in [6.07, 6.45) is 4.35. The van der Waals surface area contributed by atoms with Crippen LogP contribution in [0.5, 0.6) is 0 Å². The zero-order chi connectivity index (χ0) is 16.1. The lowest BCUT2D eigenvalue weighted by molar-refractivity contribution is 0.0725. The van der Waals surface area contributed by atoms with Gasteiger partial charge in [-0.25, -0.2) is 4.98 Å². The Morgan fingerprint density at radius 1 is 1.39 bits per heavy atom. The largest absolute Gasteiger partial charge is 0.364 e. The van der Waals surface area contributed by atoms with Crippen LogP contribution in [0, 0.1) is 0 Å². The standard InChI is InChI=1S/C15H15N5O2S/c1-18-11(13(16)21)6-9-2-3-19(8-12(9)18)14(22)10-7-20-4-5-23-15(20)17-10/h4-7H,2-3,8H2,1H3,(H2,16,21). The Hall–Kier alpha value is -2.61. The second kappa shape index (κ2) is 4.95. The van der Waals surface area contributed by atoms with Crippen molar-refractivity contribution in [2.24, 2.45) is 12.8 Å². The summed E-state index contributed by atoms with van der Waals surface area (Å²) in [6.45, 7) is 1.07.